The lowest BCUT2D eigenvalue weighted by Gasteiger charge is -2.26. The van der Waals surface area contributed by atoms with Crippen molar-refractivity contribution in [3.63, 3.8) is 0 Å². The fraction of sp³-hybridized carbons (Fsp3) is 0.333. The number of nitrogens with one attached hydrogen (secondary N) is 1. The number of ether oxygens (including phenoxy) is 1. The molecule has 0 saturated carbocycles. The first-order chi connectivity index (χ1) is 17.1. The standard InChI is InChI=1S/C24H23BrF4N4O2S/c1-32-22(19(25)14-30-32)17-13-16(3-5-21(17)35-9-6-33-7-10-36-11-8-33)31-23(34)15-2-4-18(20(26)12-15)24(27,28)29/h2-5,12-14H,6-11H2,1H3,(H,31,34). The van der Waals surface area contributed by atoms with Crippen LogP contribution < -0.4 is 10.1 Å². The molecule has 1 saturated heterocycles. The zero-order valence-electron chi connectivity index (χ0n) is 19.2. The van der Waals surface area contributed by atoms with Crippen LogP contribution in [-0.4, -0.2) is 58.3 Å². The highest BCUT2D eigenvalue weighted by Crippen LogP contribution is 2.37. The normalized spacial score (nSPS) is 14.6. The molecule has 36 heavy (non-hydrogen) atoms. The summed E-state index contributed by atoms with van der Waals surface area (Å²) in [5, 5.41) is 6.87. The molecule has 0 aliphatic carbocycles. The minimum Gasteiger partial charge on any atom is -0.492 e. The van der Waals surface area contributed by atoms with Gasteiger partial charge >= 0.3 is 6.18 Å². The van der Waals surface area contributed by atoms with E-state index in [1.807, 2.05) is 11.8 Å². The Hall–Kier alpha value is -2.57. The van der Waals surface area contributed by atoms with Crippen LogP contribution in [0.3, 0.4) is 0 Å². The number of hydrogen-bond donors (Lipinski definition) is 1. The molecular weight excluding hydrogens is 564 g/mol. The summed E-state index contributed by atoms with van der Waals surface area (Å²) in [5.74, 6) is 0.541. The molecule has 1 N–H and O–H groups in total. The lowest BCUT2D eigenvalue weighted by molar-refractivity contribution is -0.140. The summed E-state index contributed by atoms with van der Waals surface area (Å²) in [5.41, 5.74) is 0.0864. The highest BCUT2D eigenvalue weighted by Gasteiger charge is 2.34. The predicted octanol–water partition coefficient (Wildman–Crippen LogP) is 5.69. The highest BCUT2D eigenvalue weighted by atomic mass is 79.9. The number of aromatic nitrogens is 2. The van der Waals surface area contributed by atoms with E-state index in [2.05, 4.69) is 31.2 Å². The Morgan fingerprint density at radius 3 is 2.58 bits per heavy atom. The van der Waals surface area contributed by atoms with Crippen LogP contribution in [0, 0.1) is 5.82 Å². The first-order valence-corrected chi connectivity index (χ1v) is 13.0. The SMILES string of the molecule is Cn1ncc(Br)c1-c1cc(NC(=O)c2ccc(C(F)(F)F)c(F)c2)ccc1OCCN1CCSCC1. The van der Waals surface area contributed by atoms with E-state index in [4.69, 9.17) is 4.74 Å². The van der Waals surface area contributed by atoms with E-state index in [0.717, 1.165) is 47.4 Å². The summed E-state index contributed by atoms with van der Waals surface area (Å²) in [6.45, 7) is 3.29. The summed E-state index contributed by atoms with van der Waals surface area (Å²) in [4.78, 5) is 15.0. The van der Waals surface area contributed by atoms with Gasteiger partial charge in [0.05, 0.1) is 21.9 Å². The molecule has 1 amide bonds. The number of nitrogens with zero attached hydrogens (tertiary/aromatic N) is 3. The van der Waals surface area contributed by atoms with Crippen LogP contribution in [-0.2, 0) is 13.2 Å². The molecule has 1 aliphatic rings. The van der Waals surface area contributed by atoms with Gasteiger partial charge in [0, 0.05) is 55.0 Å². The number of hydrogen-bond acceptors (Lipinski definition) is 5. The molecule has 0 spiro atoms. The largest absolute Gasteiger partial charge is 0.492 e. The molecule has 0 bridgehead atoms. The second kappa shape index (κ2) is 11.2. The number of rotatable bonds is 7. The summed E-state index contributed by atoms with van der Waals surface area (Å²) < 4.78 is 60.9. The summed E-state index contributed by atoms with van der Waals surface area (Å²) in [6, 6.07) is 7.10. The first-order valence-electron chi connectivity index (χ1n) is 11.1. The number of halogens is 5. The smallest absolute Gasteiger partial charge is 0.419 e. The highest BCUT2D eigenvalue weighted by molar-refractivity contribution is 9.10. The zero-order chi connectivity index (χ0) is 25.9. The third-order valence-corrected chi connectivity index (χ3v) is 7.21. The monoisotopic (exact) mass is 586 g/mol. The minimum absolute atomic E-state index is 0.233. The van der Waals surface area contributed by atoms with Crippen molar-refractivity contribution in [1.82, 2.24) is 14.7 Å². The molecule has 2 aromatic carbocycles. The lowest BCUT2D eigenvalue weighted by Crippen LogP contribution is -2.35. The average Bonchev–Trinajstić information content (AvgIpc) is 3.17. The van der Waals surface area contributed by atoms with Gasteiger partial charge in [0.1, 0.15) is 18.2 Å². The Kier molecular flexibility index (Phi) is 8.26. The topological polar surface area (TPSA) is 59.4 Å². The molecule has 2 heterocycles. The third-order valence-electron chi connectivity index (χ3n) is 5.69. The summed E-state index contributed by atoms with van der Waals surface area (Å²) >= 11 is 5.43. The predicted molar refractivity (Wildman–Crippen MR) is 135 cm³/mol. The molecule has 3 aromatic rings. The number of anilines is 1. The Labute approximate surface area is 218 Å². The van der Waals surface area contributed by atoms with Crippen LogP contribution in [0.4, 0.5) is 23.2 Å². The molecule has 12 heteroatoms. The molecule has 0 radical (unpaired) electrons. The van der Waals surface area contributed by atoms with Gasteiger partial charge in [-0.15, -0.1) is 0 Å². The van der Waals surface area contributed by atoms with E-state index in [9.17, 15) is 22.4 Å². The van der Waals surface area contributed by atoms with Crippen LogP contribution in [0.5, 0.6) is 5.75 Å². The molecule has 4 rings (SSSR count). The average molecular weight is 587 g/mol. The van der Waals surface area contributed by atoms with Crippen LogP contribution in [0.2, 0.25) is 0 Å². The number of benzene rings is 2. The van der Waals surface area contributed by atoms with Crippen molar-refractivity contribution < 1.29 is 27.1 Å². The van der Waals surface area contributed by atoms with E-state index in [1.54, 1.807) is 36.1 Å². The van der Waals surface area contributed by atoms with Crippen molar-refractivity contribution >= 4 is 39.3 Å². The second-order valence-electron chi connectivity index (χ2n) is 8.12. The summed E-state index contributed by atoms with van der Waals surface area (Å²) in [6.07, 6.45) is -3.20. The fourth-order valence-corrected chi connectivity index (χ4v) is 5.37. The van der Waals surface area contributed by atoms with Crippen molar-refractivity contribution in [2.45, 2.75) is 6.18 Å². The molecular formula is C24H23BrF4N4O2S. The molecule has 1 aliphatic heterocycles. The van der Waals surface area contributed by atoms with Crippen molar-refractivity contribution in [3.8, 4) is 17.0 Å². The van der Waals surface area contributed by atoms with Gasteiger partial charge in [0.25, 0.3) is 5.91 Å². The lowest BCUT2D eigenvalue weighted by atomic mass is 10.1. The van der Waals surface area contributed by atoms with Crippen molar-refractivity contribution in [1.29, 1.82) is 0 Å². The van der Waals surface area contributed by atoms with Gasteiger partial charge in [0.15, 0.2) is 0 Å². The molecule has 0 unspecified atom stereocenters. The van der Waals surface area contributed by atoms with Crippen LogP contribution in [0.15, 0.2) is 47.1 Å². The van der Waals surface area contributed by atoms with Crippen molar-refractivity contribution in [2.24, 2.45) is 7.05 Å². The number of alkyl halides is 3. The second-order valence-corrected chi connectivity index (χ2v) is 10.2. The van der Waals surface area contributed by atoms with Crippen molar-refractivity contribution in [2.75, 3.05) is 43.1 Å². The molecule has 192 valence electrons. The number of carbonyl (C=O) groups is 1. The van der Waals surface area contributed by atoms with E-state index in [-0.39, 0.29) is 5.56 Å². The molecule has 1 fully saturated rings. The van der Waals surface area contributed by atoms with Gasteiger partial charge in [0.2, 0.25) is 0 Å². The number of thioether (sulfide) groups is 1. The van der Waals surface area contributed by atoms with Crippen LogP contribution >= 0.6 is 27.7 Å². The number of amides is 1. The maximum atomic E-state index is 14.0. The molecule has 0 atom stereocenters. The van der Waals surface area contributed by atoms with Crippen molar-refractivity contribution in [3.05, 3.63) is 64.0 Å². The maximum Gasteiger partial charge on any atom is 0.419 e. The van der Waals surface area contributed by atoms with E-state index >= 15 is 0 Å². The van der Waals surface area contributed by atoms with E-state index < -0.39 is 23.5 Å². The van der Waals surface area contributed by atoms with E-state index in [1.165, 1.54) is 0 Å². The number of carbonyl (C=O) groups excluding carboxylic acids is 1. The summed E-state index contributed by atoms with van der Waals surface area (Å²) in [7, 11) is 1.77. The maximum absolute atomic E-state index is 14.0. The molecule has 1 aromatic heterocycles. The molecule has 6 nitrogen and oxygen atoms in total. The van der Waals surface area contributed by atoms with Crippen LogP contribution in [0.25, 0.3) is 11.3 Å². The van der Waals surface area contributed by atoms with Gasteiger partial charge in [-0.2, -0.15) is 30.0 Å². The Balaban J connectivity index is 1.55. The third kappa shape index (κ3) is 6.22. The Bertz CT molecular complexity index is 1230. The fourth-order valence-electron chi connectivity index (χ4n) is 3.83. The zero-order valence-corrected chi connectivity index (χ0v) is 21.6. The first kappa shape index (κ1) is 26.5. The van der Waals surface area contributed by atoms with Gasteiger partial charge < -0.3 is 10.1 Å². The quantitative estimate of drug-likeness (QED) is 0.361. The van der Waals surface area contributed by atoms with Gasteiger partial charge in [-0.05, 0) is 52.3 Å². The van der Waals surface area contributed by atoms with Gasteiger partial charge in [-0.3, -0.25) is 14.4 Å². The Morgan fingerprint density at radius 1 is 1.19 bits per heavy atom. The van der Waals surface area contributed by atoms with Gasteiger partial charge in [-0.1, -0.05) is 0 Å². The minimum atomic E-state index is -4.84. The van der Waals surface area contributed by atoms with E-state index in [0.29, 0.717) is 35.7 Å². The Morgan fingerprint density at radius 2 is 1.94 bits per heavy atom. The van der Waals surface area contributed by atoms with Crippen LogP contribution in [0.1, 0.15) is 15.9 Å². The number of aryl methyl sites for hydroxylation is 1. The van der Waals surface area contributed by atoms with Gasteiger partial charge in [-0.25, -0.2) is 4.39 Å².